The highest BCUT2D eigenvalue weighted by molar-refractivity contribution is 7.19. The first-order chi connectivity index (χ1) is 16.0. The van der Waals surface area contributed by atoms with E-state index in [4.69, 9.17) is 33.7 Å². The smallest absolute Gasteiger partial charge is 0.404 e. The number of carbonyl (C=O) groups excluding carboxylic acids is 1. The first kappa shape index (κ1) is 21.0. The minimum atomic E-state index is -0.781. The van der Waals surface area contributed by atoms with Gasteiger partial charge in [-0.1, -0.05) is 46.7 Å². The number of nitrogens with zero attached hydrogens (tertiary/aromatic N) is 4. The second-order valence-electron chi connectivity index (χ2n) is 8.60. The fourth-order valence-electron chi connectivity index (χ4n) is 5.09. The molecular weight excluding hydrogens is 485 g/mol. The fourth-order valence-corrected chi connectivity index (χ4v) is 6.58. The van der Waals surface area contributed by atoms with Gasteiger partial charge in [0.1, 0.15) is 16.5 Å². The first-order valence-electron chi connectivity index (χ1n) is 10.8. The largest absolute Gasteiger partial charge is 0.444 e. The van der Waals surface area contributed by atoms with Crippen LogP contribution < -0.4 is 16.0 Å². The van der Waals surface area contributed by atoms with Gasteiger partial charge in [0, 0.05) is 24.9 Å². The number of anilines is 2. The molecular formula is C21H21Cl2N7O2S. The third-order valence-electron chi connectivity index (χ3n) is 6.59. The lowest BCUT2D eigenvalue weighted by atomic mass is 9.98. The molecule has 172 valence electrons. The molecule has 6 rings (SSSR count). The van der Waals surface area contributed by atoms with Crippen molar-refractivity contribution in [2.45, 2.75) is 31.4 Å². The van der Waals surface area contributed by atoms with Crippen LogP contribution in [0.25, 0.3) is 21.9 Å². The Morgan fingerprint density at radius 1 is 1.24 bits per heavy atom. The molecule has 4 N–H and O–H groups in total. The number of nitrogens with two attached hydrogens (primary N) is 1. The number of hydrogen-bond acceptors (Lipinski definition) is 8. The molecule has 2 fully saturated rings. The van der Waals surface area contributed by atoms with E-state index in [-0.39, 0.29) is 24.0 Å². The average molecular weight is 506 g/mol. The molecule has 12 heteroatoms. The zero-order valence-electron chi connectivity index (χ0n) is 17.4. The van der Waals surface area contributed by atoms with Crippen molar-refractivity contribution >= 4 is 62.6 Å². The average Bonchev–Trinajstić information content (AvgIpc) is 3.59. The molecule has 1 saturated heterocycles. The number of thiazole rings is 1. The van der Waals surface area contributed by atoms with Crippen LogP contribution in [0, 0.1) is 11.8 Å². The number of fused-ring (bicyclic) bond motifs is 3. The molecule has 3 aromatic heterocycles. The number of carbonyl (C=O) groups is 1. The predicted molar refractivity (Wildman–Crippen MR) is 129 cm³/mol. The van der Waals surface area contributed by atoms with E-state index in [1.807, 2.05) is 0 Å². The van der Waals surface area contributed by atoms with Gasteiger partial charge in [-0.05, 0) is 19.3 Å². The summed E-state index contributed by atoms with van der Waals surface area (Å²) in [7, 11) is 0. The van der Waals surface area contributed by atoms with E-state index in [2.05, 4.69) is 42.3 Å². The fraction of sp³-hybridized carbons (Fsp3) is 0.429. The van der Waals surface area contributed by atoms with Gasteiger partial charge in [-0.25, -0.2) is 19.7 Å². The molecule has 1 aliphatic heterocycles. The Balaban J connectivity index is 1.35. The molecule has 33 heavy (non-hydrogen) atoms. The Morgan fingerprint density at radius 3 is 2.82 bits per heavy atom. The van der Waals surface area contributed by atoms with Crippen LogP contribution in [0.5, 0.6) is 0 Å². The van der Waals surface area contributed by atoms with Gasteiger partial charge in [-0.15, -0.1) is 0 Å². The summed E-state index contributed by atoms with van der Waals surface area (Å²) >= 11 is 14.5. The first-order valence-corrected chi connectivity index (χ1v) is 12.4. The van der Waals surface area contributed by atoms with Gasteiger partial charge in [0.05, 0.1) is 22.9 Å². The zero-order valence-corrected chi connectivity index (χ0v) is 19.8. The Hall–Kier alpha value is -2.56. The number of aromatic nitrogens is 4. The number of ether oxygens (including phenoxy) is 1. The van der Waals surface area contributed by atoms with Crippen molar-refractivity contribution in [3.8, 4) is 10.7 Å². The van der Waals surface area contributed by atoms with Crippen LogP contribution in [0.1, 0.15) is 19.3 Å². The topological polar surface area (TPSA) is 122 Å². The normalized spacial score (nSPS) is 25.9. The van der Waals surface area contributed by atoms with Crippen molar-refractivity contribution in [1.29, 1.82) is 0 Å². The summed E-state index contributed by atoms with van der Waals surface area (Å²) in [6.45, 7) is 1.97. The van der Waals surface area contributed by atoms with Gasteiger partial charge in [-0.3, -0.25) is 0 Å². The van der Waals surface area contributed by atoms with Gasteiger partial charge in [-0.2, -0.15) is 0 Å². The monoisotopic (exact) mass is 505 g/mol. The summed E-state index contributed by atoms with van der Waals surface area (Å²) in [5.41, 5.74) is 7.15. The second-order valence-corrected chi connectivity index (χ2v) is 10.3. The van der Waals surface area contributed by atoms with Crippen molar-refractivity contribution in [2.24, 2.45) is 17.6 Å². The van der Waals surface area contributed by atoms with E-state index < -0.39 is 6.09 Å². The number of H-pyrrole nitrogens is 1. The van der Waals surface area contributed by atoms with Crippen LogP contribution in [0.15, 0.2) is 18.3 Å². The highest BCUT2D eigenvalue weighted by Crippen LogP contribution is 2.44. The molecule has 0 aromatic carbocycles. The van der Waals surface area contributed by atoms with E-state index in [0.717, 1.165) is 42.4 Å². The van der Waals surface area contributed by atoms with Gasteiger partial charge < -0.3 is 25.7 Å². The number of amides is 1. The van der Waals surface area contributed by atoms with Gasteiger partial charge in [0.25, 0.3) is 0 Å². The Morgan fingerprint density at radius 2 is 2.03 bits per heavy atom. The molecule has 3 aliphatic rings. The minimum Gasteiger partial charge on any atom is -0.444 e. The van der Waals surface area contributed by atoms with Crippen LogP contribution >= 0.6 is 34.5 Å². The van der Waals surface area contributed by atoms with Gasteiger partial charge in [0.2, 0.25) is 0 Å². The number of rotatable bonds is 5. The Bertz CT molecular complexity index is 1270. The quantitative estimate of drug-likeness (QED) is 0.438. The molecule has 1 amide bonds. The Labute approximate surface area is 203 Å². The number of imidazole rings is 1. The summed E-state index contributed by atoms with van der Waals surface area (Å²) in [5, 5.41) is 5.24. The maximum Gasteiger partial charge on any atom is 0.404 e. The number of nitrogens with one attached hydrogen (secondary N) is 2. The maximum atomic E-state index is 11.5. The van der Waals surface area contributed by atoms with Crippen LogP contribution in [0.3, 0.4) is 0 Å². The number of primary amides is 1. The molecule has 9 nitrogen and oxygen atoms in total. The molecule has 0 radical (unpaired) electrons. The van der Waals surface area contributed by atoms with E-state index in [9.17, 15) is 4.79 Å². The van der Waals surface area contributed by atoms with Crippen LogP contribution in [-0.2, 0) is 4.74 Å². The summed E-state index contributed by atoms with van der Waals surface area (Å²) < 4.78 is 5.44. The number of pyridine rings is 1. The molecule has 3 aromatic rings. The Kier molecular flexibility index (Phi) is 5.11. The van der Waals surface area contributed by atoms with E-state index in [1.54, 1.807) is 6.20 Å². The standard InChI is InChI=1S/C21H21Cl2N7O2S/c22-11-8-25-18-14(13(11)26-12-9-3-4-10(7-9)15(12)32-20(24)31)27-19(29-18)16-17(23)28-21(33-16)30-5-1-2-6-30/h3-4,8-10,12,15H,1-2,5-7H2,(H2,24,31)(H2,25,26,27,29)/t9-,10+,12+,15-/m0/s1. The minimum absolute atomic E-state index is 0.133. The number of aromatic amines is 1. The third kappa shape index (κ3) is 3.60. The van der Waals surface area contributed by atoms with Crippen LogP contribution in [-0.4, -0.2) is 51.3 Å². The zero-order chi connectivity index (χ0) is 22.7. The molecule has 2 aliphatic carbocycles. The van der Waals surface area contributed by atoms with E-state index in [0.29, 0.717) is 32.9 Å². The van der Waals surface area contributed by atoms with Crippen LogP contribution in [0.4, 0.5) is 15.6 Å². The van der Waals surface area contributed by atoms with Crippen molar-refractivity contribution < 1.29 is 9.53 Å². The maximum absolute atomic E-state index is 11.5. The summed E-state index contributed by atoms with van der Waals surface area (Å²) in [4.78, 5) is 31.4. The lowest BCUT2D eigenvalue weighted by Crippen LogP contribution is -2.41. The second kappa shape index (κ2) is 8.03. The summed E-state index contributed by atoms with van der Waals surface area (Å²) in [6.07, 6.45) is 7.86. The molecule has 4 atom stereocenters. The van der Waals surface area contributed by atoms with E-state index >= 15 is 0 Å². The van der Waals surface area contributed by atoms with E-state index in [1.165, 1.54) is 11.3 Å². The highest BCUT2D eigenvalue weighted by Gasteiger charge is 2.47. The molecule has 2 bridgehead atoms. The highest BCUT2D eigenvalue weighted by atomic mass is 35.5. The van der Waals surface area contributed by atoms with Crippen molar-refractivity contribution in [3.63, 3.8) is 0 Å². The summed E-state index contributed by atoms with van der Waals surface area (Å²) in [5.74, 6) is 0.932. The lowest BCUT2D eigenvalue weighted by Gasteiger charge is -2.29. The number of halogens is 2. The predicted octanol–water partition coefficient (Wildman–Crippen LogP) is 4.44. The van der Waals surface area contributed by atoms with Gasteiger partial charge >= 0.3 is 6.09 Å². The van der Waals surface area contributed by atoms with Crippen molar-refractivity contribution in [3.05, 3.63) is 28.5 Å². The van der Waals surface area contributed by atoms with Crippen LogP contribution in [0.2, 0.25) is 10.2 Å². The molecule has 1 saturated carbocycles. The number of hydrogen-bond donors (Lipinski definition) is 3. The molecule has 0 unspecified atom stereocenters. The molecule has 4 heterocycles. The SMILES string of the molecule is NC(=O)O[C@@H]1[C@H](Nc2c(Cl)cnc3nc(-c4sc(N5CCCC5)nc4Cl)[nH]c23)[C@H]2C=C[C@@H]1C2. The molecule has 0 spiro atoms. The third-order valence-corrected chi connectivity index (χ3v) is 8.39. The summed E-state index contributed by atoms with van der Waals surface area (Å²) in [6, 6.07) is -0.156. The van der Waals surface area contributed by atoms with Crippen molar-refractivity contribution in [1.82, 2.24) is 19.9 Å². The lowest BCUT2D eigenvalue weighted by molar-refractivity contribution is 0.0854. The van der Waals surface area contributed by atoms with Crippen molar-refractivity contribution in [2.75, 3.05) is 23.3 Å². The van der Waals surface area contributed by atoms with Gasteiger partial charge in [0.15, 0.2) is 21.8 Å².